The molecular weight excluding hydrogens is 458 g/mol. The van der Waals surface area contributed by atoms with Crippen LogP contribution < -0.4 is 10.1 Å². The lowest BCUT2D eigenvalue weighted by atomic mass is 9.96. The number of aromatic nitrogens is 1. The molecule has 1 aromatic heterocycles. The van der Waals surface area contributed by atoms with E-state index >= 15 is 0 Å². The highest BCUT2D eigenvalue weighted by molar-refractivity contribution is 9.10. The second-order valence-corrected chi connectivity index (χ2v) is 9.36. The van der Waals surface area contributed by atoms with Crippen LogP contribution in [0.2, 0.25) is 0 Å². The van der Waals surface area contributed by atoms with Crippen molar-refractivity contribution in [2.24, 2.45) is 4.99 Å². The summed E-state index contributed by atoms with van der Waals surface area (Å²) in [4.78, 5) is 18.7. The van der Waals surface area contributed by atoms with Crippen molar-refractivity contribution in [3.63, 3.8) is 0 Å². The Balaban J connectivity index is 0.00000225. The lowest BCUT2D eigenvalue weighted by molar-refractivity contribution is -0.120. The number of thiazole rings is 1. The van der Waals surface area contributed by atoms with Crippen LogP contribution >= 0.6 is 39.7 Å². The van der Waals surface area contributed by atoms with Crippen molar-refractivity contribution >= 4 is 45.6 Å². The molecular formula is C21H27BrClN3OS. The van der Waals surface area contributed by atoms with Crippen LogP contribution in [0.5, 0.6) is 0 Å². The molecule has 0 spiro atoms. The molecule has 1 aromatic carbocycles. The van der Waals surface area contributed by atoms with Gasteiger partial charge < -0.3 is 9.88 Å². The molecule has 0 unspecified atom stereocenters. The van der Waals surface area contributed by atoms with E-state index in [2.05, 4.69) is 31.2 Å². The molecule has 2 fully saturated rings. The van der Waals surface area contributed by atoms with Gasteiger partial charge >= 0.3 is 0 Å². The van der Waals surface area contributed by atoms with E-state index in [-0.39, 0.29) is 18.3 Å². The van der Waals surface area contributed by atoms with Gasteiger partial charge in [0.25, 0.3) is 0 Å². The van der Waals surface area contributed by atoms with Crippen LogP contribution in [-0.2, 0) is 17.8 Å². The third-order valence-electron chi connectivity index (χ3n) is 5.34. The maximum Gasteiger partial charge on any atom is 0.226 e. The second kappa shape index (κ2) is 10.1. The number of amides is 1. The molecule has 4 nitrogen and oxygen atoms in total. The van der Waals surface area contributed by atoms with Gasteiger partial charge in [0.1, 0.15) is 0 Å². The van der Waals surface area contributed by atoms with Crippen molar-refractivity contribution < 1.29 is 4.79 Å². The maximum atomic E-state index is 12.5. The van der Waals surface area contributed by atoms with Gasteiger partial charge in [0.05, 0.1) is 12.5 Å². The molecule has 1 amide bonds. The Kier molecular flexibility index (Phi) is 7.77. The van der Waals surface area contributed by atoms with Gasteiger partial charge in [-0.25, -0.2) is 0 Å². The number of carbonyl (C=O) groups excluding carboxylic acids is 1. The SMILES string of the molecule is Cl.O=C(Cc1csc(=NC2CCCCC2)n1C1CC1)NCc1ccc(Br)cc1. The van der Waals surface area contributed by atoms with Gasteiger partial charge in [-0.1, -0.05) is 47.3 Å². The Morgan fingerprint density at radius 1 is 1.14 bits per heavy atom. The van der Waals surface area contributed by atoms with E-state index in [9.17, 15) is 4.79 Å². The van der Waals surface area contributed by atoms with Gasteiger partial charge in [-0.2, -0.15) is 0 Å². The first-order valence-electron chi connectivity index (χ1n) is 9.93. The molecule has 0 aliphatic heterocycles. The fourth-order valence-corrected chi connectivity index (χ4v) is 4.99. The predicted octanol–water partition coefficient (Wildman–Crippen LogP) is 5.16. The average molecular weight is 485 g/mol. The highest BCUT2D eigenvalue weighted by Gasteiger charge is 2.28. The van der Waals surface area contributed by atoms with Crippen LogP contribution in [0.4, 0.5) is 0 Å². The molecule has 2 aliphatic rings. The molecule has 2 aromatic rings. The van der Waals surface area contributed by atoms with Crippen molar-refractivity contribution in [1.82, 2.24) is 9.88 Å². The minimum absolute atomic E-state index is 0. The normalized spacial score (nSPS) is 18.0. The van der Waals surface area contributed by atoms with Crippen LogP contribution in [0.1, 0.15) is 62.2 Å². The number of hydrogen-bond donors (Lipinski definition) is 1. The van der Waals surface area contributed by atoms with Crippen LogP contribution in [0.3, 0.4) is 0 Å². The Morgan fingerprint density at radius 3 is 2.54 bits per heavy atom. The van der Waals surface area contributed by atoms with E-state index in [1.54, 1.807) is 11.3 Å². The zero-order valence-corrected chi connectivity index (χ0v) is 19.1. The van der Waals surface area contributed by atoms with E-state index in [4.69, 9.17) is 4.99 Å². The summed E-state index contributed by atoms with van der Waals surface area (Å²) in [5.74, 6) is 0.0781. The standard InChI is InChI=1S/C21H26BrN3OS.ClH/c22-16-8-6-15(7-9-16)13-23-20(26)12-19-14-27-21(25(19)18-10-11-18)24-17-4-2-1-3-5-17;/h6-9,14,17-18H,1-5,10-13H2,(H,23,26);1H. The lowest BCUT2D eigenvalue weighted by Crippen LogP contribution is -2.27. The number of hydrogen-bond acceptors (Lipinski definition) is 3. The van der Waals surface area contributed by atoms with Crippen molar-refractivity contribution in [2.45, 2.75) is 70.0 Å². The molecule has 1 heterocycles. The Hall–Kier alpha value is -1.11. The third-order valence-corrected chi connectivity index (χ3v) is 6.77. The number of nitrogens with one attached hydrogen (secondary N) is 1. The van der Waals surface area contributed by atoms with E-state index < -0.39 is 0 Å². The molecule has 28 heavy (non-hydrogen) atoms. The van der Waals surface area contributed by atoms with Crippen LogP contribution in [0, 0.1) is 0 Å². The summed E-state index contributed by atoms with van der Waals surface area (Å²) in [6.45, 7) is 0.568. The van der Waals surface area contributed by atoms with E-state index in [1.807, 2.05) is 24.3 Å². The molecule has 2 aliphatic carbocycles. The van der Waals surface area contributed by atoms with Gasteiger partial charge in [0, 0.05) is 28.1 Å². The monoisotopic (exact) mass is 483 g/mol. The van der Waals surface area contributed by atoms with Crippen LogP contribution in [-0.4, -0.2) is 16.5 Å². The van der Waals surface area contributed by atoms with Gasteiger partial charge in [-0.05, 0) is 43.4 Å². The Labute approximate surface area is 185 Å². The van der Waals surface area contributed by atoms with Gasteiger partial charge in [-0.15, -0.1) is 23.7 Å². The number of nitrogens with zero attached hydrogens (tertiary/aromatic N) is 2. The van der Waals surface area contributed by atoms with Crippen molar-refractivity contribution in [3.8, 4) is 0 Å². The molecule has 152 valence electrons. The van der Waals surface area contributed by atoms with E-state index in [0.717, 1.165) is 20.5 Å². The van der Waals surface area contributed by atoms with Crippen molar-refractivity contribution in [3.05, 3.63) is 50.2 Å². The van der Waals surface area contributed by atoms with Gasteiger partial charge in [0.15, 0.2) is 4.80 Å². The fraction of sp³-hybridized carbons (Fsp3) is 0.524. The highest BCUT2D eigenvalue weighted by Crippen LogP contribution is 2.35. The second-order valence-electron chi connectivity index (χ2n) is 7.61. The smallest absolute Gasteiger partial charge is 0.226 e. The zero-order chi connectivity index (χ0) is 18.6. The molecule has 1 N–H and O–H groups in total. The predicted molar refractivity (Wildman–Crippen MR) is 120 cm³/mol. The number of carbonyl (C=O) groups is 1. The molecule has 0 bridgehead atoms. The number of benzene rings is 1. The first kappa shape index (κ1) is 21.6. The summed E-state index contributed by atoms with van der Waals surface area (Å²) in [6, 6.07) is 9.08. The quantitative estimate of drug-likeness (QED) is 0.605. The first-order valence-corrected chi connectivity index (χ1v) is 11.6. The topological polar surface area (TPSA) is 46.4 Å². The molecule has 0 atom stereocenters. The first-order chi connectivity index (χ1) is 13.2. The minimum Gasteiger partial charge on any atom is -0.352 e. The highest BCUT2D eigenvalue weighted by atomic mass is 79.9. The van der Waals surface area contributed by atoms with Crippen molar-refractivity contribution in [2.75, 3.05) is 0 Å². The number of rotatable bonds is 6. The summed E-state index contributed by atoms with van der Waals surface area (Å²) in [5, 5.41) is 5.19. The van der Waals surface area contributed by atoms with E-state index in [1.165, 1.54) is 44.9 Å². The van der Waals surface area contributed by atoms with Crippen LogP contribution in [0.15, 0.2) is 39.1 Å². The van der Waals surface area contributed by atoms with E-state index in [0.29, 0.717) is 25.0 Å². The molecule has 7 heteroatoms. The summed E-state index contributed by atoms with van der Waals surface area (Å²) in [7, 11) is 0. The molecule has 0 saturated heterocycles. The summed E-state index contributed by atoms with van der Waals surface area (Å²) < 4.78 is 3.40. The lowest BCUT2D eigenvalue weighted by Gasteiger charge is -2.17. The van der Waals surface area contributed by atoms with Gasteiger partial charge in [0.2, 0.25) is 5.91 Å². The fourth-order valence-electron chi connectivity index (χ4n) is 3.70. The minimum atomic E-state index is 0. The Morgan fingerprint density at radius 2 is 1.86 bits per heavy atom. The molecule has 0 radical (unpaired) electrons. The third kappa shape index (κ3) is 5.71. The summed E-state index contributed by atoms with van der Waals surface area (Å²) in [5.41, 5.74) is 2.23. The van der Waals surface area contributed by atoms with Gasteiger partial charge in [-0.3, -0.25) is 9.79 Å². The van der Waals surface area contributed by atoms with Crippen LogP contribution in [0.25, 0.3) is 0 Å². The maximum absolute atomic E-state index is 12.5. The largest absolute Gasteiger partial charge is 0.352 e. The molecule has 4 rings (SSSR count). The number of halogens is 2. The molecule has 2 saturated carbocycles. The van der Waals surface area contributed by atoms with Crippen molar-refractivity contribution in [1.29, 1.82) is 0 Å². The average Bonchev–Trinajstić information content (AvgIpc) is 3.45. The zero-order valence-electron chi connectivity index (χ0n) is 15.9. The Bertz CT molecular complexity index is 851. The summed E-state index contributed by atoms with van der Waals surface area (Å²) >= 11 is 5.14. The summed E-state index contributed by atoms with van der Waals surface area (Å²) in [6.07, 6.45) is 9.23.